The van der Waals surface area contributed by atoms with Gasteiger partial charge in [-0.2, -0.15) is 19.6 Å². The normalized spacial score (nSPS) is 13.2. The average molecular weight is 434 g/mol. The van der Waals surface area contributed by atoms with Crippen molar-refractivity contribution in [3.63, 3.8) is 0 Å². The van der Waals surface area contributed by atoms with Crippen LogP contribution in [0, 0.1) is 0 Å². The Labute approximate surface area is 186 Å². The van der Waals surface area contributed by atoms with Gasteiger partial charge >= 0.3 is 0 Å². The van der Waals surface area contributed by atoms with Crippen LogP contribution in [0.4, 0.5) is 17.6 Å². The lowest BCUT2D eigenvalue weighted by Gasteiger charge is -2.22. The summed E-state index contributed by atoms with van der Waals surface area (Å²) in [6, 6.07) is 13.3. The van der Waals surface area contributed by atoms with Crippen molar-refractivity contribution >= 4 is 23.2 Å². The van der Waals surface area contributed by atoms with Crippen LogP contribution >= 0.6 is 0 Å². The van der Waals surface area contributed by atoms with Crippen LogP contribution < -0.4 is 10.2 Å². The summed E-state index contributed by atoms with van der Waals surface area (Å²) < 4.78 is 1.70. The van der Waals surface area contributed by atoms with Crippen LogP contribution in [-0.4, -0.2) is 60.6 Å². The zero-order valence-electron chi connectivity index (χ0n) is 18.3. The van der Waals surface area contributed by atoms with Crippen LogP contribution in [0.15, 0.2) is 54.9 Å². The smallest absolute Gasteiger partial charge is 0.236 e. The summed E-state index contributed by atoms with van der Waals surface area (Å²) >= 11 is 0. The number of aliphatic hydroxyl groups is 2. The molecule has 0 unspecified atom stereocenters. The van der Waals surface area contributed by atoms with Gasteiger partial charge in [0.25, 0.3) is 0 Å². The van der Waals surface area contributed by atoms with E-state index in [1.54, 1.807) is 23.8 Å². The molecule has 0 amide bonds. The molecule has 32 heavy (non-hydrogen) atoms. The third-order valence-electron chi connectivity index (χ3n) is 5.41. The van der Waals surface area contributed by atoms with Crippen LogP contribution in [0.25, 0.3) is 16.9 Å². The van der Waals surface area contributed by atoms with E-state index in [1.807, 2.05) is 61.3 Å². The zero-order valence-corrected chi connectivity index (χ0v) is 18.3. The Morgan fingerprint density at radius 2 is 1.91 bits per heavy atom. The standard InChI is InChI=1S/C23H27N7O2/c1-4-16-13-25-30-21(16)27-22(26-20(14-31)15(2)32)28-23(30)29(3)18-10-8-17(9-11-18)19-7-5-6-12-24-19/h5-13,15,20,31-32H,4,14H2,1-3H3,(H,26,27)/t15-,20-/m1/s1. The van der Waals surface area contributed by atoms with Gasteiger partial charge in [0, 0.05) is 30.1 Å². The fourth-order valence-corrected chi connectivity index (χ4v) is 3.43. The summed E-state index contributed by atoms with van der Waals surface area (Å²) in [5, 5.41) is 27.0. The number of pyridine rings is 1. The van der Waals surface area contributed by atoms with E-state index in [4.69, 9.17) is 0 Å². The molecule has 0 bridgehead atoms. The second-order valence-electron chi connectivity index (χ2n) is 7.60. The van der Waals surface area contributed by atoms with E-state index in [-0.39, 0.29) is 6.61 Å². The molecule has 2 atom stereocenters. The number of aromatic nitrogens is 5. The van der Waals surface area contributed by atoms with E-state index in [0.717, 1.165) is 28.9 Å². The van der Waals surface area contributed by atoms with Crippen molar-refractivity contribution in [1.82, 2.24) is 24.6 Å². The van der Waals surface area contributed by atoms with Crippen molar-refractivity contribution in [1.29, 1.82) is 0 Å². The molecule has 9 heteroatoms. The van der Waals surface area contributed by atoms with Gasteiger partial charge in [0.15, 0.2) is 5.65 Å². The average Bonchev–Trinajstić information content (AvgIpc) is 3.25. The van der Waals surface area contributed by atoms with Crippen molar-refractivity contribution in [2.24, 2.45) is 0 Å². The fourth-order valence-electron chi connectivity index (χ4n) is 3.43. The molecule has 3 heterocycles. The Morgan fingerprint density at radius 3 is 2.53 bits per heavy atom. The molecular weight excluding hydrogens is 406 g/mol. The van der Waals surface area contributed by atoms with Gasteiger partial charge in [0.2, 0.25) is 11.9 Å². The number of rotatable bonds is 8. The van der Waals surface area contributed by atoms with Crippen LogP contribution in [0.3, 0.4) is 0 Å². The van der Waals surface area contributed by atoms with Crippen LogP contribution in [0.2, 0.25) is 0 Å². The van der Waals surface area contributed by atoms with Gasteiger partial charge < -0.3 is 20.4 Å². The molecule has 9 nitrogen and oxygen atoms in total. The molecule has 0 radical (unpaired) electrons. The minimum atomic E-state index is -0.768. The molecule has 4 rings (SSSR count). The van der Waals surface area contributed by atoms with E-state index in [0.29, 0.717) is 17.5 Å². The number of hydrogen-bond acceptors (Lipinski definition) is 8. The molecule has 4 aromatic rings. The topological polar surface area (TPSA) is 112 Å². The second-order valence-corrected chi connectivity index (χ2v) is 7.60. The number of nitrogens with one attached hydrogen (secondary N) is 1. The molecule has 0 saturated heterocycles. The minimum Gasteiger partial charge on any atom is -0.394 e. The largest absolute Gasteiger partial charge is 0.394 e. The molecule has 0 aliphatic heterocycles. The van der Waals surface area contributed by atoms with Gasteiger partial charge in [0.1, 0.15) is 0 Å². The SMILES string of the molecule is CCc1cnn2c(N(C)c3ccc(-c4ccccn4)cc3)nc(N[C@H](CO)[C@@H](C)O)nc12. The Morgan fingerprint density at radius 1 is 1.12 bits per heavy atom. The first-order chi connectivity index (χ1) is 15.5. The van der Waals surface area contributed by atoms with Crippen molar-refractivity contribution < 1.29 is 10.2 Å². The van der Waals surface area contributed by atoms with Gasteiger partial charge in [-0.05, 0) is 37.6 Å². The Kier molecular flexibility index (Phi) is 6.29. The van der Waals surface area contributed by atoms with Crippen LogP contribution in [-0.2, 0) is 6.42 Å². The van der Waals surface area contributed by atoms with Crippen molar-refractivity contribution in [2.45, 2.75) is 32.4 Å². The predicted octanol–water partition coefficient (Wildman–Crippen LogP) is 2.67. The van der Waals surface area contributed by atoms with Crippen molar-refractivity contribution in [3.05, 3.63) is 60.4 Å². The molecule has 0 spiro atoms. The number of nitrogens with zero attached hydrogens (tertiary/aromatic N) is 6. The molecule has 1 aromatic carbocycles. The summed E-state index contributed by atoms with van der Waals surface area (Å²) in [7, 11) is 1.91. The Hall–Kier alpha value is -3.56. The monoisotopic (exact) mass is 433 g/mol. The summed E-state index contributed by atoms with van der Waals surface area (Å²) in [4.78, 5) is 15.6. The van der Waals surface area contributed by atoms with E-state index in [1.165, 1.54) is 0 Å². The highest BCUT2D eigenvalue weighted by molar-refractivity contribution is 5.67. The van der Waals surface area contributed by atoms with Gasteiger partial charge in [-0.3, -0.25) is 4.98 Å². The third kappa shape index (κ3) is 4.25. The first kappa shape index (κ1) is 21.7. The van der Waals surface area contributed by atoms with E-state index >= 15 is 0 Å². The lowest BCUT2D eigenvalue weighted by Crippen LogP contribution is -2.35. The lowest BCUT2D eigenvalue weighted by atomic mass is 10.1. The Balaban J connectivity index is 1.72. The van der Waals surface area contributed by atoms with Gasteiger partial charge in [0.05, 0.1) is 30.6 Å². The summed E-state index contributed by atoms with van der Waals surface area (Å²) in [6.07, 6.45) is 3.56. The van der Waals surface area contributed by atoms with Crippen molar-refractivity contribution in [3.8, 4) is 11.3 Å². The number of hydrogen-bond donors (Lipinski definition) is 3. The lowest BCUT2D eigenvalue weighted by molar-refractivity contribution is 0.132. The highest BCUT2D eigenvalue weighted by Gasteiger charge is 2.20. The number of aryl methyl sites for hydroxylation is 1. The minimum absolute atomic E-state index is 0.244. The molecule has 3 aromatic heterocycles. The highest BCUT2D eigenvalue weighted by atomic mass is 16.3. The molecule has 0 fully saturated rings. The number of aliphatic hydroxyl groups excluding tert-OH is 2. The molecule has 166 valence electrons. The fraction of sp³-hybridized carbons (Fsp3) is 0.304. The van der Waals surface area contributed by atoms with E-state index in [9.17, 15) is 10.2 Å². The third-order valence-corrected chi connectivity index (χ3v) is 5.41. The summed E-state index contributed by atoms with van der Waals surface area (Å²) in [5.74, 6) is 0.879. The first-order valence-electron chi connectivity index (χ1n) is 10.6. The molecular formula is C23H27N7O2. The molecule has 0 aliphatic rings. The number of anilines is 3. The predicted molar refractivity (Wildman–Crippen MR) is 124 cm³/mol. The van der Waals surface area contributed by atoms with Crippen molar-refractivity contribution in [2.75, 3.05) is 23.9 Å². The Bertz CT molecular complexity index is 1180. The number of fused-ring (bicyclic) bond motifs is 1. The maximum atomic E-state index is 9.91. The summed E-state index contributed by atoms with van der Waals surface area (Å²) in [5.41, 5.74) is 4.50. The first-order valence-corrected chi connectivity index (χ1v) is 10.6. The zero-order chi connectivity index (χ0) is 22.7. The second kappa shape index (κ2) is 9.29. The number of benzene rings is 1. The van der Waals surface area contributed by atoms with Gasteiger partial charge in [-0.1, -0.05) is 25.1 Å². The maximum Gasteiger partial charge on any atom is 0.236 e. The van der Waals surface area contributed by atoms with Gasteiger partial charge in [-0.25, -0.2) is 0 Å². The molecule has 3 N–H and O–H groups in total. The van der Waals surface area contributed by atoms with Crippen LogP contribution in [0.5, 0.6) is 0 Å². The van der Waals surface area contributed by atoms with E-state index in [2.05, 4.69) is 25.4 Å². The van der Waals surface area contributed by atoms with Crippen LogP contribution in [0.1, 0.15) is 19.4 Å². The quantitative estimate of drug-likeness (QED) is 0.389. The van der Waals surface area contributed by atoms with Gasteiger partial charge in [-0.15, -0.1) is 0 Å². The highest BCUT2D eigenvalue weighted by Crippen LogP contribution is 2.27. The summed E-state index contributed by atoms with van der Waals surface area (Å²) in [6.45, 7) is 3.41. The van der Waals surface area contributed by atoms with E-state index < -0.39 is 12.1 Å². The molecule has 0 saturated carbocycles. The molecule has 0 aliphatic carbocycles. The maximum absolute atomic E-state index is 9.91.